The molecule has 2 aromatic rings. The van der Waals surface area contributed by atoms with E-state index in [4.69, 9.17) is 0 Å². The minimum atomic E-state index is -0.215. The van der Waals surface area contributed by atoms with E-state index in [-0.39, 0.29) is 11.2 Å². The second kappa shape index (κ2) is 8.49. The molecule has 1 amide bonds. The number of benzene rings is 1. The second-order valence-electron chi connectivity index (χ2n) is 6.39. The Balaban J connectivity index is 1.56. The Bertz CT molecular complexity index is 697. The van der Waals surface area contributed by atoms with Crippen molar-refractivity contribution in [2.75, 3.05) is 13.1 Å². The Morgan fingerprint density at radius 1 is 1.32 bits per heavy atom. The summed E-state index contributed by atoms with van der Waals surface area (Å²) in [6, 6.07) is 9.93. The molecule has 1 aromatic heterocycles. The number of nitrogens with one attached hydrogen (secondary N) is 2. The summed E-state index contributed by atoms with van der Waals surface area (Å²) in [5.41, 5.74) is 1.10. The molecule has 0 aliphatic carbocycles. The zero-order chi connectivity index (χ0) is 17.6. The van der Waals surface area contributed by atoms with Gasteiger partial charge in [0.1, 0.15) is 5.82 Å². The van der Waals surface area contributed by atoms with Gasteiger partial charge in [-0.1, -0.05) is 42.1 Å². The number of hydrogen-bond donors (Lipinski definition) is 2. The van der Waals surface area contributed by atoms with E-state index in [1.165, 1.54) is 11.8 Å². The molecular formula is C18H25N5OS. The number of thioether (sulfide) groups is 1. The van der Waals surface area contributed by atoms with Crippen LogP contribution in [0.3, 0.4) is 0 Å². The maximum atomic E-state index is 12.3. The molecule has 7 heteroatoms. The van der Waals surface area contributed by atoms with Crippen molar-refractivity contribution in [2.45, 2.75) is 42.6 Å². The predicted molar refractivity (Wildman–Crippen MR) is 99.5 cm³/mol. The molecule has 6 nitrogen and oxygen atoms in total. The number of carbonyl (C=O) groups excluding carboxylic acids is 1. The average Bonchev–Trinajstić information content (AvgIpc) is 3.01. The number of piperidine rings is 1. The summed E-state index contributed by atoms with van der Waals surface area (Å²) < 4.78 is 2.04. The number of nitrogens with zero attached hydrogens (tertiary/aromatic N) is 3. The summed E-state index contributed by atoms with van der Waals surface area (Å²) in [7, 11) is 1.99. The molecule has 1 aliphatic rings. The Kier molecular flexibility index (Phi) is 6.09. The molecule has 1 aliphatic heterocycles. The fourth-order valence-electron chi connectivity index (χ4n) is 3.00. The Labute approximate surface area is 152 Å². The van der Waals surface area contributed by atoms with Crippen LogP contribution in [0.4, 0.5) is 0 Å². The van der Waals surface area contributed by atoms with E-state index in [2.05, 4.69) is 20.8 Å². The number of hydrogen-bond acceptors (Lipinski definition) is 5. The van der Waals surface area contributed by atoms with Gasteiger partial charge in [-0.25, -0.2) is 0 Å². The minimum Gasteiger partial charge on any atom is -0.351 e. The van der Waals surface area contributed by atoms with Crippen LogP contribution in [-0.2, 0) is 18.4 Å². The lowest BCUT2D eigenvalue weighted by Gasteiger charge is -2.21. The lowest BCUT2D eigenvalue weighted by atomic mass is 9.97. The number of amides is 1. The highest BCUT2D eigenvalue weighted by Gasteiger charge is 2.23. The molecule has 1 saturated heterocycles. The standard InChI is InChI=1S/C18H25N5OS/c1-13(17(24)20-12-14-6-4-3-5-7-14)25-18-22-21-16(23(18)2)15-8-10-19-11-9-15/h3-7,13,15,19H,8-12H2,1-2H3,(H,20,24). The molecule has 1 fully saturated rings. The van der Waals surface area contributed by atoms with Crippen molar-refractivity contribution in [2.24, 2.45) is 7.05 Å². The first-order valence-corrected chi connectivity index (χ1v) is 9.61. The Morgan fingerprint density at radius 3 is 2.76 bits per heavy atom. The molecular weight excluding hydrogens is 334 g/mol. The van der Waals surface area contributed by atoms with Gasteiger partial charge < -0.3 is 15.2 Å². The van der Waals surface area contributed by atoms with Gasteiger partial charge >= 0.3 is 0 Å². The summed E-state index contributed by atoms with van der Waals surface area (Å²) in [6.45, 7) is 4.50. The highest BCUT2D eigenvalue weighted by atomic mass is 32.2. The quantitative estimate of drug-likeness (QED) is 0.773. The lowest BCUT2D eigenvalue weighted by molar-refractivity contribution is -0.120. The Morgan fingerprint density at radius 2 is 2.04 bits per heavy atom. The van der Waals surface area contributed by atoms with Gasteiger partial charge in [-0.15, -0.1) is 10.2 Å². The molecule has 1 unspecified atom stereocenters. The normalized spacial score (nSPS) is 16.6. The number of aromatic nitrogens is 3. The summed E-state index contributed by atoms with van der Waals surface area (Å²) >= 11 is 1.46. The van der Waals surface area contributed by atoms with Gasteiger partial charge in [0, 0.05) is 19.5 Å². The van der Waals surface area contributed by atoms with Gasteiger partial charge in [-0.05, 0) is 38.4 Å². The monoisotopic (exact) mass is 359 g/mol. The zero-order valence-corrected chi connectivity index (χ0v) is 15.6. The molecule has 0 saturated carbocycles. The van der Waals surface area contributed by atoms with Crippen molar-refractivity contribution >= 4 is 17.7 Å². The summed E-state index contributed by atoms with van der Waals surface area (Å²) in [6.07, 6.45) is 2.17. The van der Waals surface area contributed by atoms with Crippen LogP contribution in [0, 0.1) is 0 Å². The molecule has 0 radical (unpaired) electrons. The molecule has 0 spiro atoms. The molecule has 134 valence electrons. The van der Waals surface area contributed by atoms with Crippen LogP contribution in [0.25, 0.3) is 0 Å². The van der Waals surface area contributed by atoms with Crippen LogP contribution in [-0.4, -0.2) is 39.0 Å². The second-order valence-corrected chi connectivity index (χ2v) is 7.70. The predicted octanol–water partition coefficient (Wildman–Crippen LogP) is 2.08. The van der Waals surface area contributed by atoms with E-state index < -0.39 is 0 Å². The minimum absolute atomic E-state index is 0.0141. The topological polar surface area (TPSA) is 71.8 Å². The van der Waals surface area contributed by atoms with Gasteiger partial charge in [-0.3, -0.25) is 4.79 Å². The lowest BCUT2D eigenvalue weighted by Crippen LogP contribution is -2.30. The highest BCUT2D eigenvalue weighted by Crippen LogP contribution is 2.28. The molecule has 1 atom stereocenters. The van der Waals surface area contributed by atoms with E-state index in [1.54, 1.807) is 0 Å². The molecule has 2 N–H and O–H groups in total. The van der Waals surface area contributed by atoms with E-state index >= 15 is 0 Å². The van der Waals surface area contributed by atoms with E-state index in [0.29, 0.717) is 12.5 Å². The summed E-state index contributed by atoms with van der Waals surface area (Å²) in [4.78, 5) is 12.3. The highest BCUT2D eigenvalue weighted by molar-refractivity contribution is 8.00. The van der Waals surface area contributed by atoms with Crippen molar-refractivity contribution < 1.29 is 4.79 Å². The zero-order valence-electron chi connectivity index (χ0n) is 14.7. The first kappa shape index (κ1) is 17.9. The van der Waals surface area contributed by atoms with Gasteiger partial charge in [-0.2, -0.15) is 0 Å². The molecule has 25 heavy (non-hydrogen) atoms. The third-order valence-electron chi connectivity index (χ3n) is 4.53. The van der Waals surface area contributed by atoms with Crippen LogP contribution in [0.1, 0.15) is 37.1 Å². The fraction of sp³-hybridized carbons (Fsp3) is 0.500. The molecule has 1 aromatic carbocycles. The Hall–Kier alpha value is -1.86. The molecule has 0 bridgehead atoms. The van der Waals surface area contributed by atoms with E-state index in [9.17, 15) is 4.79 Å². The third-order valence-corrected chi connectivity index (χ3v) is 5.67. The van der Waals surface area contributed by atoms with E-state index in [1.807, 2.05) is 48.9 Å². The van der Waals surface area contributed by atoms with Gasteiger partial charge in [0.05, 0.1) is 5.25 Å². The van der Waals surface area contributed by atoms with Gasteiger partial charge in [0.25, 0.3) is 0 Å². The van der Waals surface area contributed by atoms with Crippen LogP contribution in [0.5, 0.6) is 0 Å². The van der Waals surface area contributed by atoms with Crippen LogP contribution >= 0.6 is 11.8 Å². The summed E-state index contributed by atoms with van der Waals surface area (Å²) in [5, 5.41) is 15.6. The largest absolute Gasteiger partial charge is 0.351 e. The van der Waals surface area contributed by atoms with Crippen LogP contribution in [0.15, 0.2) is 35.5 Å². The van der Waals surface area contributed by atoms with Crippen molar-refractivity contribution in [3.05, 3.63) is 41.7 Å². The smallest absolute Gasteiger partial charge is 0.233 e. The van der Waals surface area contributed by atoms with Gasteiger partial charge in [0.2, 0.25) is 5.91 Å². The van der Waals surface area contributed by atoms with Crippen LogP contribution in [0.2, 0.25) is 0 Å². The number of carbonyl (C=O) groups is 1. The first-order valence-electron chi connectivity index (χ1n) is 8.73. The SMILES string of the molecule is CC(Sc1nnc(C2CCNCC2)n1C)C(=O)NCc1ccccc1. The maximum Gasteiger partial charge on any atom is 0.233 e. The fourth-order valence-corrected chi connectivity index (χ4v) is 3.85. The van der Waals surface area contributed by atoms with Crippen molar-refractivity contribution in [3.8, 4) is 0 Å². The number of rotatable bonds is 6. The first-order chi connectivity index (χ1) is 12.1. The van der Waals surface area contributed by atoms with E-state index in [0.717, 1.165) is 42.5 Å². The van der Waals surface area contributed by atoms with Crippen molar-refractivity contribution in [1.29, 1.82) is 0 Å². The van der Waals surface area contributed by atoms with Gasteiger partial charge in [0.15, 0.2) is 5.16 Å². The maximum absolute atomic E-state index is 12.3. The average molecular weight is 359 g/mol. The van der Waals surface area contributed by atoms with Crippen LogP contribution < -0.4 is 10.6 Å². The molecule has 2 heterocycles. The van der Waals surface area contributed by atoms with Crippen molar-refractivity contribution in [3.63, 3.8) is 0 Å². The molecule has 3 rings (SSSR count). The summed E-state index contributed by atoms with van der Waals surface area (Å²) in [5.74, 6) is 1.50. The third kappa shape index (κ3) is 4.61. The van der Waals surface area contributed by atoms with Crippen molar-refractivity contribution in [1.82, 2.24) is 25.4 Å².